The first-order chi connectivity index (χ1) is 9.93. The Morgan fingerprint density at radius 1 is 1.24 bits per heavy atom. The van der Waals surface area contributed by atoms with Gasteiger partial charge in [0.25, 0.3) is 5.91 Å². The number of aliphatic carboxylic acids is 1. The SMILES string of the molecule is C=C(NC(=O)CN)C(=O)N[C@@H](Cc1ccccc1)C(=O)O. The second kappa shape index (κ2) is 7.81. The summed E-state index contributed by atoms with van der Waals surface area (Å²) in [6.45, 7) is 3.08. The quantitative estimate of drug-likeness (QED) is 0.499. The van der Waals surface area contributed by atoms with Crippen LogP contribution >= 0.6 is 0 Å². The second-order valence-electron chi connectivity index (χ2n) is 4.28. The van der Waals surface area contributed by atoms with Crippen molar-refractivity contribution in [3.8, 4) is 0 Å². The van der Waals surface area contributed by atoms with Crippen molar-refractivity contribution in [1.82, 2.24) is 10.6 Å². The fraction of sp³-hybridized carbons (Fsp3) is 0.214. The number of carbonyl (C=O) groups is 3. The van der Waals surface area contributed by atoms with E-state index < -0.39 is 23.8 Å². The molecule has 0 aliphatic rings. The normalized spacial score (nSPS) is 11.3. The Kier molecular flexibility index (Phi) is 6.09. The molecule has 1 rings (SSSR count). The van der Waals surface area contributed by atoms with E-state index in [1.54, 1.807) is 24.3 Å². The first-order valence-corrected chi connectivity index (χ1v) is 6.20. The highest BCUT2D eigenvalue weighted by atomic mass is 16.4. The molecule has 1 aromatic rings. The van der Waals surface area contributed by atoms with Gasteiger partial charge in [-0.15, -0.1) is 0 Å². The summed E-state index contributed by atoms with van der Waals surface area (Å²) in [6.07, 6.45) is 0.125. The summed E-state index contributed by atoms with van der Waals surface area (Å²) in [4.78, 5) is 34.0. The van der Waals surface area contributed by atoms with E-state index >= 15 is 0 Å². The molecule has 7 nitrogen and oxygen atoms in total. The molecule has 1 atom stereocenters. The fourth-order valence-electron chi connectivity index (χ4n) is 1.57. The highest BCUT2D eigenvalue weighted by Crippen LogP contribution is 2.04. The molecule has 0 bridgehead atoms. The molecule has 0 fully saturated rings. The van der Waals surface area contributed by atoms with E-state index in [4.69, 9.17) is 10.8 Å². The number of carbonyl (C=O) groups excluding carboxylic acids is 2. The lowest BCUT2D eigenvalue weighted by Gasteiger charge is -2.15. The van der Waals surface area contributed by atoms with Crippen LogP contribution in [0.25, 0.3) is 0 Å². The van der Waals surface area contributed by atoms with Gasteiger partial charge in [0.15, 0.2) is 0 Å². The van der Waals surface area contributed by atoms with Crippen LogP contribution in [0.15, 0.2) is 42.6 Å². The smallest absolute Gasteiger partial charge is 0.326 e. The predicted molar refractivity (Wildman–Crippen MR) is 76.0 cm³/mol. The summed E-state index contributed by atoms with van der Waals surface area (Å²) in [5.74, 6) is -2.52. The number of hydrogen-bond donors (Lipinski definition) is 4. The molecule has 21 heavy (non-hydrogen) atoms. The van der Waals surface area contributed by atoms with E-state index in [1.165, 1.54) is 0 Å². The summed E-state index contributed by atoms with van der Waals surface area (Å²) in [5.41, 5.74) is 5.61. The number of nitrogens with two attached hydrogens (primary N) is 1. The molecular formula is C14H17N3O4. The lowest BCUT2D eigenvalue weighted by molar-refractivity contribution is -0.141. The molecule has 0 spiro atoms. The number of benzene rings is 1. The summed E-state index contributed by atoms with van der Waals surface area (Å²) >= 11 is 0. The minimum absolute atomic E-state index is 0.125. The van der Waals surface area contributed by atoms with Crippen molar-refractivity contribution >= 4 is 17.8 Å². The summed E-state index contributed by atoms with van der Waals surface area (Å²) in [6, 6.07) is 7.75. The van der Waals surface area contributed by atoms with Gasteiger partial charge in [-0.1, -0.05) is 36.9 Å². The average molecular weight is 291 g/mol. The average Bonchev–Trinajstić information content (AvgIpc) is 2.47. The van der Waals surface area contributed by atoms with E-state index in [0.29, 0.717) is 0 Å². The highest BCUT2D eigenvalue weighted by Gasteiger charge is 2.22. The van der Waals surface area contributed by atoms with Crippen LogP contribution in [0, 0.1) is 0 Å². The molecule has 112 valence electrons. The van der Waals surface area contributed by atoms with Gasteiger partial charge in [-0.2, -0.15) is 0 Å². The van der Waals surface area contributed by atoms with Gasteiger partial charge >= 0.3 is 5.97 Å². The summed E-state index contributed by atoms with van der Waals surface area (Å²) < 4.78 is 0. The van der Waals surface area contributed by atoms with Crippen LogP contribution in [0.1, 0.15) is 5.56 Å². The Morgan fingerprint density at radius 2 is 1.86 bits per heavy atom. The van der Waals surface area contributed by atoms with Crippen LogP contribution in [0.3, 0.4) is 0 Å². The number of carboxylic acid groups (broad SMARTS) is 1. The highest BCUT2D eigenvalue weighted by molar-refractivity contribution is 5.98. The fourth-order valence-corrected chi connectivity index (χ4v) is 1.57. The van der Waals surface area contributed by atoms with Crippen molar-refractivity contribution in [1.29, 1.82) is 0 Å². The third-order valence-electron chi connectivity index (χ3n) is 2.64. The zero-order valence-electron chi connectivity index (χ0n) is 11.3. The van der Waals surface area contributed by atoms with E-state index in [0.717, 1.165) is 5.56 Å². The molecule has 0 unspecified atom stereocenters. The number of carboxylic acids is 1. The van der Waals surface area contributed by atoms with E-state index in [2.05, 4.69) is 17.2 Å². The van der Waals surface area contributed by atoms with Crippen LogP contribution in [-0.2, 0) is 20.8 Å². The van der Waals surface area contributed by atoms with Crippen molar-refractivity contribution < 1.29 is 19.5 Å². The lowest BCUT2D eigenvalue weighted by Crippen LogP contribution is -2.45. The second-order valence-corrected chi connectivity index (χ2v) is 4.28. The van der Waals surface area contributed by atoms with Crippen molar-refractivity contribution in [2.75, 3.05) is 6.54 Å². The van der Waals surface area contributed by atoms with Gasteiger partial charge in [0.1, 0.15) is 6.04 Å². The standard InChI is InChI=1S/C14H17N3O4/c1-9(16-12(18)8-15)13(19)17-11(14(20)21)7-10-5-3-2-4-6-10/h2-6,11H,1,7-8,15H2,(H,16,18)(H,17,19)(H,20,21)/t11-/m0/s1. The van der Waals surface area contributed by atoms with E-state index in [-0.39, 0.29) is 18.7 Å². The van der Waals surface area contributed by atoms with Crippen molar-refractivity contribution in [2.24, 2.45) is 5.73 Å². The van der Waals surface area contributed by atoms with Gasteiger partial charge in [0.2, 0.25) is 5.91 Å². The maximum Gasteiger partial charge on any atom is 0.326 e. The molecule has 0 heterocycles. The Labute approximate surface area is 121 Å². The maximum atomic E-state index is 11.8. The topological polar surface area (TPSA) is 122 Å². The van der Waals surface area contributed by atoms with Gasteiger partial charge in [-0.25, -0.2) is 4.79 Å². The predicted octanol–water partition coefficient (Wildman–Crippen LogP) is -0.613. The maximum absolute atomic E-state index is 11.8. The van der Waals surface area contributed by atoms with E-state index in [9.17, 15) is 14.4 Å². The zero-order chi connectivity index (χ0) is 15.8. The molecule has 2 amide bonds. The lowest BCUT2D eigenvalue weighted by atomic mass is 10.1. The number of amides is 2. The van der Waals surface area contributed by atoms with E-state index in [1.807, 2.05) is 6.07 Å². The van der Waals surface area contributed by atoms with Gasteiger partial charge in [-0.05, 0) is 5.56 Å². The first kappa shape index (κ1) is 16.4. The van der Waals surface area contributed by atoms with Crippen LogP contribution in [-0.4, -0.2) is 35.5 Å². The zero-order valence-corrected chi connectivity index (χ0v) is 11.3. The first-order valence-electron chi connectivity index (χ1n) is 6.20. The van der Waals surface area contributed by atoms with Gasteiger partial charge in [0.05, 0.1) is 12.2 Å². The van der Waals surface area contributed by atoms with Crippen LogP contribution in [0.2, 0.25) is 0 Å². The minimum atomic E-state index is -1.18. The Balaban J connectivity index is 2.66. The van der Waals surface area contributed by atoms with Crippen molar-refractivity contribution in [3.63, 3.8) is 0 Å². The van der Waals surface area contributed by atoms with Gasteiger partial charge < -0.3 is 21.5 Å². The van der Waals surface area contributed by atoms with Crippen LogP contribution in [0.4, 0.5) is 0 Å². The van der Waals surface area contributed by atoms with Gasteiger partial charge in [-0.3, -0.25) is 9.59 Å². The molecule has 0 saturated carbocycles. The monoisotopic (exact) mass is 291 g/mol. The van der Waals surface area contributed by atoms with Crippen molar-refractivity contribution in [2.45, 2.75) is 12.5 Å². The molecule has 5 N–H and O–H groups in total. The molecule has 0 saturated heterocycles. The molecule has 0 aliphatic carbocycles. The molecular weight excluding hydrogens is 274 g/mol. The minimum Gasteiger partial charge on any atom is -0.480 e. The summed E-state index contributed by atoms with van der Waals surface area (Å²) in [7, 11) is 0. The van der Waals surface area contributed by atoms with Crippen LogP contribution in [0.5, 0.6) is 0 Å². The van der Waals surface area contributed by atoms with Gasteiger partial charge in [0, 0.05) is 6.42 Å². The Bertz CT molecular complexity index is 542. The molecule has 0 aliphatic heterocycles. The Hall–Kier alpha value is -2.67. The summed E-state index contributed by atoms with van der Waals surface area (Å²) in [5, 5.41) is 13.6. The third-order valence-corrected chi connectivity index (χ3v) is 2.64. The molecule has 7 heteroatoms. The van der Waals surface area contributed by atoms with Crippen LogP contribution < -0.4 is 16.4 Å². The number of hydrogen-bond acceptors (Lipinski definition) is 4. The largest absolute Gasteiger partial charge is 0.480 e. The Morgan fingerprint density at radius 3 is 2.38 bits per heavy atom. The molecule has 0 aromatic heterocycles. The third kappa shape index (κ3) is 5.45. The van der Waals surface area contributed by atoms with Crippen molar-refractivity contribution in [3.05, 3.63) is 48.2 Å². The number of nitrogens with one attached hydrogen (secondary N) is 2. The number of rotatable bonds is 7. The molecule has 0 radical (unpaired) electrons. The molecule has 1 aromatic carbocycles.